The molecule has 2 aliphatic heterocycles. The molecule has 2 fully saturated rings. The van der Waals surface area contributed by atoms with E-state index in [0.29, 0.717) is 23.0 Å². The predicted octanol–water partition coefficient (Wildman–Crippen LogP) is 6.76. The normalized spacial score (nSPS) is 20.5. The van der Waals surface area contributed by atoms with Gasteiger partial charge in [-0.3, -0.25) is 9.59 Å². The number of fused-ring (bicyclic) bond motifs is 2. The Labute approximate surface area is 334 Å². The van der Waals surface area contributed by atoms with E-state index in [4.69, 9.17) is 9.47 Å². The first kappa shape index (κ1) is 40.1. The molecule has 3 aromatic carbocycles. The third kappa shape index (κ3) is 8.04. The van der Waals surface area contributed by atoms with Gasteiger partial charge in [-0.25, -0.2) is 28.3 Å². The second kappa shape index (κ2) is 16.4. The van der Waals surface area contributed by atoms with Gasteiger partial charge in [0.1, 0.15) is 36.1 Å². The third-order valence-corrected chi connectivity index (χ3v) is 11.1. The first-order valence-corrected chi connectivity index (χ1v) is 19.4. The number of amides is 4. The Kier molecular flexibility index (Phi) is 11.4. The van der Waals surface area contributed by atoms with Gasteiger partial charge in [-0.15, -0.1) is 0 Å². The molecule has 2 aliphatic rings. The summed E-state index contributed by atoms with van der Waals surface area (Å²) < 4.78 is 39.1. The Bertz CT molecular complexity index is 2180. The average molecular weight is 799 g/mol. The van der Waals surface area contributed by atoms with Crippen LogP contribution in [0.3, 0.4) is 0 Å². The quantitative estimate of drug-likeness (QED) is 0.112. The summed E-state index contributed by atoms with van der Waals surface area (Å²) in [6, 6.07) is 13.2. The molecule has 58 heavy (non-hydrogen) atoms. The van der Waals surface area contributed by atoms with Crippen molar-refractivity contribution in [2.24, 2.45) is 11.8 Å². The minimum atomic E-state index is -1.24. The molecule has 6 atom stereocenters. The highest BCUT2D eigenvalue weighted by molar-refractivity contribution is 6.01. The zero-order valence-electron chi connectivity index (χ0n) is 33.2. The number of hydrogen-bond donors (Lipinski definition) is 4. The molecule has 0 bridgehead atoms. The second-order valence-electron chi connectivity index (χ2n) is 15.7. The van der Waals surface area contributed by atoms with E-state index in [9.17, 15) is 28.0 Å². The van der Waals surface area contributed by atoms with Gasteiger partial charge >= 0.3 is 12.2 Å². The van der Waals surface area contributed by atoms with Gasteiger partial charge in [-0.05, 0) is 57.6 Å². The number of alkyl carbamates (subject to hydrolysis) is 2. The molecule has 4 amide bonds. The standard InChI is InChI=1S/C42H48F2N8O6/c1-21(2)35(49-41(55)57-5)39(53)51-19-29(43)15-33(51)37-45-17-31(47-37)25-9-7-23-12-28-14-26(10-8-24(28)11-27(23)13-25)32-18-46-38(48-32)34-16-30(44)20-52(34)40(54)36(22(3)4)50-42(56)58-6/h7-14,17-18,21-22,29-30,33-36H,15-16,19-20H2,1-6H3,(H,45,47)(H,46,48)(H,49,55)(H,50,56)/t29-,30-,33+,34+,35-,36-/m0/s1. The van der Waals surface area contributed by atoms with Crippen LogP contribution in [0.2, 0.25) is 0 Å². The maximum Gasteiger partial charge on any atom is 0.407 e. The molecule has 7 rings (SSSR count). The minimum absolute atomic E-state index is 0.0823. The highest BCUT2D eigenvalue weighted by atomic mass is 19.1. The molecule has 0 unspecified atom stereocenters. The molecule has 0 radical (unpaired) electrons. The summed E-state index contributed by atoms with van der Waals surface area (Å²) in [5.74, 6) is -0.374. The van der Waals surface area contributed by atoms with Crippen LogP contribution < -0.4 is 10.6 Å². The molecule has 2 aromatic heterocycles. The van der Waals surface area contributed by atoms with Gasteiger partial charge in [0.05, 0.1) is 63.2 Å². The number of halogens is 2. The smallest absolute Gasteiger partial charge is 0.407 e. The molecule has 4 heterocycles. The Morgan fingerprint density at radius 2 is 1.05 bits per heavy atom. The number of aromatic nitrogens is 4. The summed E-state index contributed by atoms with van der Waals surface area (Å²) >= 11 is 0. The molecule has 2 saturated heterocycles. The van der Waals surface area contributed by atoms with Crippen LogP contribution >= 0.6 is 0 Å². The van der Waals surface area contributed by atoms with Crippen molar-refractivity contribution in [1.82, 2.24) is 40.4 Å². The van der Waals surface area contributed by atoms with Crippen molar-refractivity contribution >= 4 is 45.5 Å². The molecular formula is C42H48F2N8O6. The lowest BCUT2D eigenvalue weighted by Crippen LogP contribution is -2.51. The predicted molar refractivity (Wildman–Crippen MR) is 213 cm³/mol. The molecule has 4 N–H and O–H groups in total. The molecular weight excluding hydrogens is 751 g/mol. The van der Waals surface area contributed by atoms with Gasteiger partial charge in [-0.1, -0.05) is 52.0 Å². The number of nitrogens with zero attached hydrogens (tertiary/aromatic N) is 4. The fourth-order valence-corrected chi connectivity index (χ4v) is 7.97. The largest absolute Gasteiger partial charge is 0.453 e. The van der Waals surface area contributed by atoms with Crippen molar-refractivity contribution in [3.05, 3.63) is 72.6 Å². The molecule has 0 aliphatic carbocycles. The summed E-state index contributed by atoms with van der Waals surface area (Å²) in [6.07, 6.45) is -0.416. The number of carbonyl (C=O) groups is 4. The van der Waals surface area contributed by atoms with Gasteiger partial charge < -0.3 is 39.9 Å². The van der Waals surface area contributed by atoms with E-state index in [1.807, 2.05) is 36.4 Å². The van der Waals surface area contributed by atoms with Gasteiger partial charge in [0, 0.05) is 24.0 Å². The number of imidazole rings is 2. The number of nitrogens with one attached hydrogen (secondary N) is 4. The Hall–Kier alpha value is -6.06. The second-order valence-corrected chi connectivity index (χ2v) is 15.7. The number of H-pyrrole nitrogens is 2. The Balaban J connectivity index is 1.10. The Morgan fingerprint density at radius 3 is 1.41 bits per heavy atom. The summed E-state index contributed by atoms with van der Waals surface area (Å²) in [7, 11) is 2.45. The number of alkyl halides is 2. The maximum atomic E-state index is 14.8. The van der Waals surface area contributed by atoms with E-state index in [2.05, 4.69) is 42.7 Å². The van der Waals surface area contributed by atoms with Crippen LogP contribution in [0.25, 0.3) is 44.1 Å². The zero-order chi connectivity index (χ0) is 41.4. The lowest BCUT2D eigenvalue weighted by molar-refractivity contribution is -0.136. The van der Waals surface area contributed by atoms with Gasteiger partial charge in [0.2, 0.25) is 11.8 Å². The average Bonchev–Trinajstić information content (AvgIpc) is 4.03. The van der Waals surface area contributed by atoms with E-state index in [0.717, 1.165) is 32.7 Å². The van der Waals surface area contributed by atoms with Crippen LogP contribution in [0.15, 0.2) is 60.9 Å². The number of benzene rings is 3. The highest BCUT2D eigenvalue weighted by Gasteiger charge is 2.43. The lowest BCUT2D eigenvalue weighted by Gasteiger charge is -2.29. The van der Waals surface area contributed by atoms with Crippen molar-refractivity contribution in [3.8, 4) is 22.5 Å². The maximum absolute atomic E-state index is 14.8. The highest BCUT2D eigenvalue weighted by Crippen LogP contribution is 2.37. The van der Waals surface area contributed by atoms with Crippen LogP contribution in [0, 0.1) is 11.8 Å². The van der Waals surface area contributed by atoms with E-state index < -0.39 is 60.5 Å². The lowest BCUT2D eigenvalue weighted by atomic mass is 9.99. The Morgan fingerprint density at radius 1 is 0.655 bits per heavy atom. The first-order valence-electron chi connectivity index (χ1n) is 19.4. The number of aromatic amines is 2. The van der Waals surface area contributed by atoms with Crippen LogP contribution in [0.1, 0.15) is 64.3 Å². The zero-order valence-corrected chi connectivity index (χ0v) is 33.2. The summed E-state index contributed by atoms with van der Waals surface area (Å²) in [5, 5.41) is 9.14. The van der Waals surface area contributed by atoms with Gasteiger partial charge in [0.15, 0.2) is 0 Å². The van der Waals surface area contributed by atoms with E-state index in [1.165, 1.54) is 24.0 Å². The van der Waals surface area contributed by atoms with Crippen molar-refractivity contribution in [1.29, 1.82) is 0 Å². The van der Waals surface area contributed by atoms with Crippen molar-refractivity contribution < 1.29 is 37.4 Å². The van der Waals surface area contributed by atoms with Crippen molar-refractivity contribution in [3.63, 3.8) is 0 Å². The van der Waals surface area contributed by atoms with Crippen LogP contribution in [-0.4, -0.2) is 105 Å². The number of methoxy groups -OCH3 is 2. The molecule has 5 aromatic rings. The molecule has 16 heteroatoms. The fraction of sp³-hybridized carbons (Fsp3) is 0.429. The topological polar surface area (TPSA) is 175 Å². The first-order chi connectivity index (χ1) is 27.7. The van der Waals surface area contributed by atoms with Gasteiger partial charge in [-0.2, -0.15) is 0 Å². The van der Waals surface area contributed by atoms with Crippen molar-refractivity contribution in [2.75, 3.05) is 27.3 Å². The summed E-state index contributed by atoms with van der Waals surface area (Å²) in [5.41, 5.74) is 3.16. The summed E-state index contributed by atoms with van der Waals surface area (Å²) in [4.78, 5) is 69.7. The number of rotatable bonds is 10. The van der Waals surface area contributed by atoms with Crippen LogP contribution in [-0.2, 0) is 19.1 Å². The molecule has 0 saturated carbocycles. The fourth-order valence-electron chi connectivity index (χ4n) is 7.97. The SMILES string of the molecule is COC(=O)N[C@H](C(=O)N1C[C@@H](F)C[C@@H]1c1ncc(-c2ccc3cc4cc(-c5cnc([C@H]6C[C@H](F)CN6C(=O)[C@@H](NC(=O)OC)C(C)C)[nH]5)ccc4cc3c2)[nH]1)C(C)C. The number of likely N-dealkylation sites (tertiary alicyclic amines) is 2. The van der Waals surface area contributed by atoms with Crippen molar-refractivity contribution in [2.45, 2.75) is 77.0 Å². The molecule has 0 spiro atoms. The number of ether oxygens (including phenoxy) is 2. The van der Waals surface area contributed by atoms with Crippen LogP contribution in [0.4, 0.5) is 18.4 Å². The van der Waals surface area contributed by atoms with E-state index >= 15 is 0 Å². The third-order valence-electron chi connectivity index (χ3n) is 11.1. The van der Waals surface area contributed by atoms with E-state index in [1.54, 1.807) is 40.1 Å². The molecule has 306 valence electrons. The summed E-state index contributed by atoms with van der Waals surface area (Å²) in [6.45, 7) is 7.00. The van der Waals surface area contributed by atoms with Gasteiger partial charge in [0.25, 0.3) is 0 Å². The van der Waals surface area contributed by atoms with Crippen LogP contribution in [0.5, 0.6) is 0 Å². The monoisotopic (exact) mass is 798 g/mol. The number of hydrogen-bond acceptors (Lipinski definition) is 8. The van der Waals surface area contributed by atoms with E-state index in [-0.39, 0.29) is 37.8 Å². The number of carbonyl (C=O) groups excluding carboxylic acids is 4. The molecule has 14 nitrogen and oxygen atoms in total. The minimum Gasteiger partial charge on any atom is -0.453 e.